The standard InChI is InChI=1S/C17H32N2O2/c1-7-10-12(4)11-19-14(13(5)8-2)15(20)18-17(6,9-3)16(19)21/h12-14H,7-11H2,1-6H3,(H,18,20). The van der Waals surface area contributed by atoms with E-state index in [-0.39, 0.29) is 23.8 Å². The molecule has 1 N–H and O–H groups in total. The molecule has 21 heavy (non-hydrogen) atoms. The predicted molar refractivity (Wildman–Crippen MR) is 85.9 cm³/mol. The molecule has 2 amide bonds. The summed E-state index contributed by atoms with van der Waals surface area (Å²) >= 11 is 0. The Kier molecular flexibility index (Phi) is 6.24. The van der Waals surface area contributed by atoms with Crippen LogP contribution in [0, 0.1) is 11.8 Å². The molecule has 1 saturated heterocycles. The molecule has 0 saturated carbocycles. The van der Waals surface area contributed by atoms with Gasteiger partial charge in [0.2, 0.25) is 11.8 Å². The number of amides is 2. The molecule has 122 valence electrons. The summed E-state index contributed by atoms with van der Waals surface area (Å²) in [6.07, 6.45) is 3.71. The van der Waals surface area contributed by atoms with Gasteiger partial charge in [-0.1, -0.05) is 47.5 Å². The third-order valence-corrected chi connectivity index (χ3v) is 4.92. The van der Waals surface area contributed by atoms with Gasteiger partial charge in [-0.05, 0) is 31.6 Å². The summed E-state index contributed by atoms with van der Waals surface area (Å²) < 4.78 is 0. The Morgan fingerprint density at radius 3 is 2.33 bits per heavy atom. The monoisotopic (exact) mass is 296 g/mol. The predicted octanol–water partition coefficient (Wildman–Crippen LogP) is 2.96. The Balaban J connectivity index is 3.06. The molecule has 4 heteroatoms. The molecule has 0 bridgehead atoms. The fraction of sp³-hybridized carbons (Fsp3) is 0.882. The van der Waals surface area contributed by atoms with Gasteiger partial charge in [-0.3, -0.25) is 9.59 Å². The third-order valence-electron chi connectivity index (χ3n) is 4.92. The van der Waals surface area contributed by atoms with E-state index >= 15 is 0 Å². The van der Waals surface area contributed by atoms with Gasteiger partial charge < -0.3 is 10.2 Å². The van der Waals surface area contributed by atoms with Crippen LogP contribution in [0.4, 0.5) is 0 Å². The molecule has 1 fully saturated rings. The summed E-state index contributed by atoms with van der Waals surface area (Å²) in [6.45, 7) is 12.9. The zero-order valence-corrected chi connectivity index (χ0v) is 14.5. The lowest BCUT2D eigenvalue weighted by Gasteiger charge is -2.46. The highest BCUT2D eigenvalue weighted by Crippen LogP contribution is 2.27. The summed E-state index contributed by atoms with van der Waals surface area (Å²) in [4.78, 5) is 27.3. The van der Waals surface area contributed by atoms with Crippen molar-refractivity contribution in [2.24, 2.45) is 11.8 Å². The molecule has 4 unspecified atom stereocenters. The van der Waals surface area contributed by atoms with Crippen LogP contribution in [-0.2, 0) is 9.59 Å². The SMILES string of the molecule is CCCC(C)CN1C(=O)C(C)(CC)NC(=O)C1C(C)CC. The van der Waals surface area contributed by atoms with Crippen LogP contribution < -0.4 is 5.32 Å². The first-order chi connectivity index (χ1) is 9.80. The van der Waals surface area contributed by atoms with E-state index in [0.29, 0.717) is 18.9 Å². The first-order valence-corrected chi connectivity index (χ1v) is 8.43. The van der Waals surface area contributed by atoms with Crippen molar-refractivity contribution >= 4 is 11.8 Å². The van der Waals surface area contributed by atoms with Gasteiger partial charge in [-0.25, -0.2) is 0 Å². The Hall–Kier alpha value is -1.06. The highest BCUT2D eigenvalue weighted by molar-refractivity contribution is 5.99. The maximum absolute atomic E-state index is 12.9. The average Bonchev–Trinajstić information content (AvgIpc) is 2.44. The summed E-state index contributed by atoms with van der Waals surface area (Å²) in [5.41, 5.74) is -0.743. The van der Waals surface area contributed by atoms with Gasteiger partial charge in [-0.2, -0.15) is 0 Å². The van der Waals surface area contributed by atoms with E-state index in [4.69, 9.17) is 0 Å². The molecule has 0 aromatic heterocycles. The maximum Gasteiger partial charge on any atom is 0.248 e. The maximum atomic E-state index is 12.9. The Bertz CT molecular complexity index is 383. The molecule has 0 aromatic rings. The van der Waals surface area contributed by atoms with E-state index in [9.17, 15) is 9.59 Å². The number of nitrogens with zero attached hydrogens (tertiary/aromatic N) is 1. The molecule has 1 aliphatic heterocycles. The number of nitrogens with one attached hydrogen (secondary N) is 1. The minimum atomic E-state index is -0.743. The van der Waals surface area contributed by atoms with Crippen molar-refractivity contribution < 1.29 is 9.59 Å². The summed E-state index contributed by atoms with van der Waals surface area (Å²) in [7, 11) is 0. The average molecular weight is 296 g/mol. The van der Waals surface area contributed by atoms with E-state index < -0.39 is 5.54 Å². The fourth-order valence-corrected chi connectivity index (χ4v) is 3.13. The second-order valence-electron chi connectivity index (χ2n) is 6.86. The van der Waals surface area contributed by atoms with E-state index in [1.807, 2.05) is 18.7 Å². The Labute approximate surface area is 129 Å². The van der Waals surface area contributed by atoms with Crippen molar-refractivity contribution in [2.45, 2.75) is 78.8 Å². The summed E-state index contributed by atoms with van der Waals surface area (Å²) in [6, 6.07) is -0.318. The van der Waals surface area contributed by atoms with Crippen molar-refractivity contribution in [1.82, 2.24) is 10.2 Å². The molecule has 0 radical (unpaired) electrons. The first kappa shape index (κ1) is 18.0. The van der Waals surface area contributed by atoms with Crippen LogP contribution in [-0.4, -0.2) is 34.8 Å². The van der Waals surface area contributed by atoms with Crippen molar-refractivity contribution in [2.75, 3.05) is 6.54 Å². The van der Waals surface area contributed by atoms with Gasteiger partial charge in [0.05, 0.1) is 0 Å². The number of carbonyl (C=O) groups is 2. The van der Waals surface area contributed by atoms with Crippen LogP contribution in [0.5, 0.6) is 0 Å². The van der Waals surface area contributed by atoms with Crippen LogP contribution in [0.15, 0.2) is 0 Å². The van der Waals surface area contributed by atoms with E-state index in [2.05, 4.69) is 33.0 Å². The second-order valence-corrected chi connectivity index (χ2v) is 6.86. The molecule has 1 rings (SSSR count). The van der Waals surface area contributed by atoms with E-state index in [1.54, 1.807) is 0 Å². The molecule has 0 aromatic carbocycles. The Morgan fingerprint density at radius 1 is 1.24 bits per heavy atom. The number of piperazine rings is 1. The fourth-order valence-electron chi connectivity index (χ4n) is 3.13. The van der Waals surface area contributed by atoms with Crippen LogP contribution in [0.3, 0.4) is 0 Å². The van der Waals surface area contributed by atoms with Gasteiger partial charge >= 0.3 is 0 Å². The Morgan fingerprint density at radius 2 is 1.86 bits per heavy atom. The van der Waals surface area contributed by atoms with Gasteiger partial charge in [0.15, 0.2) is 0 Å². The minimum absolute atomic E-state index is 0.0111. The number of carbonyl (C=O) groups excluding carboxylic acids is 2. The third kappa shape index (κ3) is 3.78. The van der Waals surface area contributed by atoms with E-state index in [1.165, 1.54) is 0 Å². The molecule has 0 aliphatic carbocycles. The lowest BCUT2D eigenvalue weighted by Crippen LogP contribution is -2.70. The van der Waals surface area contributed by atoms with Crippen LogP contribution in [0.2, 0.25) is 0 Å². The zero-order chi connectivity index (χ0) is 16.2. The number of hydrogen-bond donors (Lipinski definition) is 1. The van der Waals surface area contributed by atoms with Crippen LogP contribution in [0.25, 0.3) is 0 Å². The lowest BCUT2D eigenvalue weighted by molar-refractivity contribution is -0.157. The molecule has 4 nitrogen and oxygen atoms in total. The lowest BCUT2D eigenvalue weighted by atomic mass is 9.86. The van der Waals surface area contributed by atoms with Gasteiger partial charge in [0.25, 0.3) is 0 Å². The molecule has 0 spiro atoms. The van der Waals surface area contributed by atoms with Crippen molar-refractivity contribution in [3.8, 4) is 0 Å². The molecular weight excluding hydrogens is 264 g/mol. The second kappa shape index (κ2) is 7.28. The first-order valence-electron chi connectivity index (χ1n) is 8.43. The highest BCUT2D eigenvalue weighted by atomic mass is 16.2. The molecule has 1 aliphatic rings. The summed E-state index contributed by atoms with van der Waals surface area (Å²) in [5.74, 6) is 0.705. The van der Waals surface area contributed by atoms with Gasteiger partial charge in [0, 0.05) is 6.54 Å². The molecule has 4 atom stereocenters. The largest absolute Gasteiger partial charge is 0.340 e. The molecular formula is C17H32N2O2. The van der Waals surface area contributed by atoms with Gasteiger partial charge in [-0.15, -0.1) is 0 Å². The number of hydrogen-bond acceptors (Lipinski definition) is 2. The highest BCUT2D eigenvalue weighted by Gasteiger charge is 2.48. The smallest absolute Gasteiger partial charge is 0.248 e. The van der Waals surface area contributed by atoms with Crippen molar-refractivity contribution in [1.29, 1.82) is 0 Å². The minimum Gasteiger partial charge on any atom is -0.340 e. The van der Waals surface area contributed by atoms with Crippen LogP contribution >= 0.6 is 0 Å². The van der Waals surface area contributed by atoms with Gasteiger partial charge in [0.1, 0.15) is 11.6 Å². The quantitative estimate of drug-likeness (QED) is 0.785. The summed E-state index contributed by atoms with van der Waals surface area (Å²) in [5, 5.41) is 2.96. The normalized spacial score (nSPS) is 29.2. The van der Waals surface area contributed by atoms with E-state index in [0.717, 1.165) is 19.3 Å². The number of rotatable bonds is 7. The topological polar surface area (TPSA) is 49.4 Å². The molecule has 1 heterocycles. The van der Waals surface area contributed by atoms with Crippen LogP contribution in [0.1, 0.15) is 67.2 Å². The van der Waals surface area contributed by atoms with Crippen molar-refractivity contribution in [3.63, 3.8) is 0 Å². The van der Waals surface area contributed by atoms with Crippen molar-refractivity contribution in [3.05, 3.63) is 0 Å². The zero-order valence-electron chi connectivity index (χ0n) is 14.5.